The fourth-order valence-electron chi connectivity index (χ4n) is 4.15. The van der Waals surface area contributed by atoms with Crippen LogP contribution in [-0.4, -0.2) is 56.3 Å². The molecule has 0 bridgehead atoms. The normalized spacial score (nSPS) is 13.7. The highest BCUT2D eigenvalue weighted by Gasteiger charge is 2.25. The molecule has 0 aliphatic heterocycles. The predicted octanol–water partition coefficient (Wildman–Crippen LogP) is 3.49. The molecule has 196 valence electrons. The average Bonchev–Trinajstić information content (AvgIpc) is 3.21. The van der Waals surface area contributed by atoms with Gasteiger partial charge in [-0.05, 0) is 58.2 Å². The van der Waals surface area contributed by atoms with Crippen molar-refractivity contribution in [2.24, 2.45) is 11.7 Å². The van der Waals surface area contributed by atoms with Gasteiger partial charge in [-0.2, -0.15) is 0 Å². The van der Waals surface area contributed by atoms with Crippen molar-refractivity contribution in [1.29, 1.82) is 0 Å². The van der Waals surface area contributed by atoms with E-state index in [1.165, 1.54) is 0 Å². The van der Waals surface area contributed by atoms with Crippen LogP contribution in [0.5, 0.6) is 0 Å². The molecule has 2 unspecified atom stereocenters. The molecule has 0 fully saturated rings. The quantitative estimate of drug-likeness (QED) is 0.390. The van der Waals surface area contributed by atoms with Crippen molar-refractivity contribution in [3.8, 4) is 0 Å². The van der Waals surface area contributed by atoms with Crippen LogP contribution in [0.2, 0.25) is 0 Å². The molecular weight excluding hydrogens is 458 g/mol. The second-order valence-corrected chi connectivity index (χ2v) is 10.6. The highest BCUT2D eigenvalue weighted by Crippen LogP contribution is 2.29. The van der Waals surface area contributed by atoms with Gasteiger partial charge < -0.3 is 25.7 Å². The van der Waals surface area contributed by atoms with Gasteiger partial charge in [-0.25, -0.2) is 14.8 Å². The summed E-state index contributed by atoms with van der Waals surface area (Å²) in [5.41, 5.74) is 9.32. The molecule has 3 heterocycles. The van der Waals surface area contributed by atoms with Crippen molar-refractivity contribution in [2.45, 2.75) is 78.5 Å². The molecule has 10 nitrogen and oxygen atoms in total. The number of nitrogens with one attached hydrogen (secondary N) is 2. The smallest absolute Gasteiger partial charge is 0.408 e. The molecule has 0 saturated carbocycles. The molecule has 0 spiro atoms. The summed E-state index contributed by atoms with van der Waals surface area (Å²) in [5.74, 6) is 0.119. The standard InChI is InChI=1S/C26H39N7O3/c1-16(2)14-19(32-25(35)36-26(4,5)6)24(34)29-12-13-33-15-30-22-20(17(3)9-10-27)31-18-8-7-11-28-21(18)23(22)33/h7-8,11,15-17,19H,9-10,12-14,27H2,1-6H3,(H,29,34)(H,32,35). The number of aromatic nitrogens is 4. The minimum atomic E-state index is -0.685. The maximum absolute atomic E-state index is 13.0. The predicted molar refractivity (Wildman–Crippen MR) is 141 cm³/mol. The molecule has 10 heteroatoms. The first-order valence-electron chi connectivity index (χ1n) is 12.6. The van der Waals surface area contributed by atoms with E-state index in [1.54, 1.807) is 33.3 Å². The number of imidazole rings is 1. The Morgan fingerprint density at radius 3 is 2.58 bits per heavy atom. The summed E-state index contributed by atoms with van der Waals surface area (Å²) in [6.45, 7) is 12.9. The molecule has 0 saturated heterocycles. The number of hydrogen-bond donors (Lipinski definition) is 3. The molecule has 2 atom stereocenters. The van der Waals surface area contributed by atoms with Gasteiger partial charge in [0.1, 0.15) is 22.7 Å². The van der Waals surface area contributed by atoms with Gasteiger partial charge in [-0.15, -0.1) is 0 Å². The first kappa shape index (κ1) is 27.3. The Hall–Kier alpha value is -3.27. The van der Waals surface area contributed by atoms with E-state index in [-0.39, 0.29) is 17.7 Å². The van der Waals surface area contributed by atoms with Crippen LogP contribution in [0.25, 0.3) is 22.1 Å². The van der Waals surface area contributed by atoms with Gasteiger partial charge in [-0.3, -0.25) is 9.78 Å². The summed E-state index contributed by atoms with van der Waals surface area (Å²) in [5, 5.41) is 5.67. The molecule has 2 amide bonds. The van der Waals surface area contributed by atoms with Gasteiger partial charge in [0.15, 0.2) is 0 Å². The monoisotopic (exact) mass is 497 g/mol. The molecule has 0 aliphatic rings. The summed E-state index contributed by atoms with van der Waals surface area (Å²) >= 11 is 0. The molecule has 0 radical (unpaired) electrons. The van der Waals surface area contributed by atoms with E-state index in [1.807, 2.05) is 30.5 Å². The Kier molecular flexibility index (Phi) is 8.84. The minimum absolute atomic E-state index is 0.154. The molecule has 3 aromatic rings. The third kappa shape index (κ3) is 6.90. The highest BCUT2D eigenvalue weighted by molar-refractivity contribution is 6.00. The topological polar surface area (TPSA) is 137 Å². The number of amides is 2. The molecule has 0 aliphatic carbocycles. The third-order valence-electron chi connectivity index (χ3n) is 5.76. The van der Waals surface area contributed by atoms with E-state index in [9.17, 15) is 9.59 Å². The van der Waals surface area contributed by atoms with Crippen molar-refractivity contribution in [1.82, 2.24) is 30.2 Å². The zero-order chi connectivity index (χ0) is 26.5. The fraction of sp³-hybridized carbons (Fsp3) is 0.577. The van der Waals surface area contributed by atoms with Crippen LogP contribution >= 0.6 is 0 Å². The largest absolute Gasteiger partial charge is 0.444 e. The summed E-state index contributed by atoms with van der Waals surface area (Å²) in [7, 11) is 0. The Morgan fingerprint density at radius 1 is 1.17 bits per heavy atom. The zero-order valence-corrected chi connectivity index (χ0v) is 22.2. The van der Waals surface area contributed by atoms with Crippen LogP contribution in [0.15, 0.2) is 24.7 Å². The number of carbonyl (C=O) groups is 2. The van der Waals surface area contributed by atoms with E-state index in [2.05, 4.69) is 27.5 Å². The lowest BCUT2D eigenvalue weighted by molar-refractivity contribution is -0.123. The second kappa shape index (κ2) is 11.6. The van der Waals surface area contributed by atoms with E-state index >= 15 is 0 Å². The van der Waals surface area contributed by atoms with Crippen LogP contribution in [-0.2, 0) is 16.1 Å². The summed E-state index contributed by atoms with van der Waals surface area (Å²) in [6.07, 6.45) is 4.20. The first-order chi connectivity index (χ1) is 17.0. The van der Waals surface area contributed by atoms with Gasteiger partial charge in [0.05, 0.1) is 23.1 Å². The lowest BCUT2D eigenvalue weighted by atomic mass is 10.0. The number of hydrogen-bond acceptors (Lipinski definition) is 7. The maximum Gasteiger partial charge on any atom is 0.408 e. The van der Waals surface area contributed by atoms with Crippen molar-refractivity contribution >= 4 is 34.1 Å². The maximum atomic E-state index is 13.0. The van der Waals surface area contributed by atoms with E-state index in [4.69, 9.17) is 15.5 Å². The molecule has 36 heavy (non-hydrogen) atoms. The summed E-state index contributed by atoms with van der Waals surface area (Å²) in [4.78, 5) is 39.3. The van der Waals surface area contributed by atoms with E-state index < -0.39 is 17.7 Å². The second-order valence-electron chi connectivity index (χ2n) is 10.6. The molecule has 3 rings (SSSR count). The summed E-state index contributed by atoms with van der Waals surface area (Å²) in [6, 6.07) is 3.12. The third-order valence-corrected chi connectivity index (χ3v) is 5.76. The highest BCUT2D eigenvalue weighted by atomic mass is 16.6. The number of carbonyl (C=O) groups excluding carboxylic acids is 2. The van der Waals surface area contributed by atoms with E-state index in [0.29, 0.717) is 26.1 Å². The van der Waals surface area contributed by atoms with Crippen molar-refractivity contribution in [3.63, 3.8) is 0 Å². The molecule has 4 N–H and O–H groups in total. The Bertz CT molecular complexity index is 1200. The van der Waals surface area contributed by atoms with Crippen molar-refractivity contribution < 1.29 is 14.3 Å². The Labute approximate surface area is 212 Å². The zero-order valence-electron chi connectivity index (χ0n) is 22.2. The molecule has 0 aromatic carbocycles. The lowest BCUT2D eigenvalue weighted by Gasteiger charge is -2.24. The number of nitrogens with two attached hydrogens (primary N) is 1. The SMILES string of the molecule is CC(C)CC(NC(=O)OC(C)(C)C)C(=O)NCCn1cnc2c(C(C)CCN)nc3cccnc3c21. The number of fused-ring (bicyclic) bond motifs is 3. The van der Waals surface area contributed by atoms with Crippen LogP contribution in [0.4, 0.5) is 4.79 Å². The van der Waals surface area contributed by atoms with Crippen molar-refractivity contribution in [3.05, 3.63) is 30.4 Å². The van der Waals surface area contributed by atoms with Gasteiger partial charge in [-0.1, -0.05) is 20.8 Å². The number of rotatable bonds is 10. The van der Waals surface area contributed by atoms with Gasteiger partial charge in [0, 0.05) is 25.2 Å². The van der Waals surface area contributed by atoms with Gasteiger partial charge in [0.2, 0.25) is 5.91 Å². The Morgan fingerprint density at radius 2 is 1.92 bits per heavy atom. The van der Waals surface area contributed by atoms with Crippen LogP contribution in [0, 0.1) is 5.92 Å². The number of ether oxygens (including phenoxy) is 1. The molecule has 3 aromatic heterocycles. The number of nitrogens with zero attached hydrogens (tertiary/aromatic N) is 4. The van der Waals surface area contributed by atoms with E-state index in [0.717, 1.165) is 34.2 Å². The lowest BCUT2D eigenvalue weighted by Crippen LogP contribution is -2.49. The van der Waals surface area contributed by atoms with Crippen LogP contribution in [0.1, 0.15) is 66.0 Å². The summed E-state index contributed by atoms with van der Waals surface area (Å²) < 4.78 is 7.33. The van der Waals surface area contributed by atoms with Gasteiger partial charge >= 0.3 is 6.09 Å². The fourth-order valence-corrected chi connectivity index (χ4v) is 4.15. The molecular formula is C26H39N7O3. The van der Waals surface area contributed by atoms with Crippen LogP contribution in [0.3, 0.4) is 0 Å². The van der Waals surface area contributed by atoms with Crippen molar-refractivity contribution in [2.75, 3.05) is 13.1 Å². The van der Waals surface area contributed by atoms with Gasteiger partial charge in [0.25, 0.3) is 0 Å². The average molecular weight is 498 g/mol. The first-order valence-corrected chi connectivity index (χ1v) is 12.6. The number of alkyl carbamates (subject to hydrolysis) is 1. The number of pyridine rings is 2. The minimum Gasteiger partial charge on any atom is -0.444 e. The van der Waals surface area contributed by atoms with Crippen LogP contribution < -0.4 is 16.4 Å². The Balaban J connectivity index is 1.77.